The van der Waals surface area contributed by atoms with Crippen molar-refractivity contribution in [2.45, 2.75) is 32.8 Å². The van der Waals surface area contributed by atoms with Crippen LogP contribution in [0.2, 0.25) is 0 Å². The van der Waals surface area contributed by atoms with E-state index in [1.54, 1.807) is 11.0 Å². The summed E-state index contributed by atoms with van der Waals surface area (Å²) in [6.07, 6.45) is 4.67. The summed E-state index contributed by atoms with van der Waals surface area (Å²) in [7, 11) is 1.89. The third kappa shape index (κ3) is 3.04. The number of aryl methyl sites for hydroxylation is 2. The van der Waals surface area contributed by atoms with Crippen molar-refractivity contribution in [1.29, 1.82) is 0 Å². The number of likely N-dealkylation sites (tertiary alicyclic amines) is 1. The molecular weight excluding hydrogens is 242 g/mol. The van der Waals surface area contributed by atoms with Gasteiger partial charge in [-0.25, -0.2) is 0 Å². The van der Waals surface area contributed by atoms with E-state index in [1.807, 2.05) is 31.7 Å². The lowest BCUT2D eigenvalue weighted by Crippen LogP contribution is -2.41. The van der Waals surface area contributed by atoms with Crippen LogP contribution in [-0.4, -0.2) is 44.9 Å². The number of β-amino-alcohol motifs (C(OH)–C–C–N with tert-alkyl or cyclic N) is 1. The van der Waals surface area contributed by atoms with Gasteiger partial charge < -0.3 is 10.0 Å². The summed E-state index contributed by atoms with van der Waals surface area (Å²) in [5, 5.41) is 13.9. The number of amides is 1. The Bertz CT molecular complexity index is 505. The van der Waals surface area contributed by atoms with Gasteiger partial charge in [0, 0.05) is 37.5 Å². The minimum atomic E-state index is -0.382. The molecule has 5 nitrogen and oxygen atoms in total. The highest BCUT2D eigenvalue weighted by Crippen LogP contribution is 2.15. The van der Waals surface area contributed by atoms with E-state index in [2.05, 4.69) is 5.10 Å². The largest absolute Gasteiger partial charge is 0.391 e. The maximum atomic E-state index is 12.0. The number of rotatable bonds is 2. The van der Waals surface area contributed by atoms with Gasteiger partial charge in [-0.15, -0.1) is 0 Å². The lowest BCUT2D eigenvalue weighted by atomic mass is 10.1. The van der Waals surface area contributed by atoms with Crippen molar-refractivity contribution in [3.63, 3.8) is 0 Å². The SMILES string of the molecule is Cc1nn(C)c(C)c1/C=C/C(=O)N1CCCC(O)C1. The van der Waals surface area contributed by atoms with E-state index in [9.17, 15) is 9.90 Å². The maximum Gasteiger partial charge on any atom is 0.246 e. The van der Waals surface area contributed by atoms with E-state index in [-0.39, 0.29) is 12.0 Å². The molecule has 1 atom stereocenters. The van der Waals surface area contributed by atoms with Crippen LogP contribution in [0, 0.1) is 13.8 Å². The van der Waals surface area contributed by atoms with Crippen LogP contribution in [0.15, 0.2) is 6.08 Å². The number of hydrogen-bond donors (Lipinski definition) is 1. The van der Waals surface area contributed by atoms with Crippen molar-refractivity contribution in [3.05, 3.63) is 23.0 Å². The van der Waals surface area contributed by atoms with E-state index in [1.165, 1.54) is 0 Å². The Morgan fingerprint density at radius 2 is 2.21 bits per heavy atom. The average Bonchev–Trinajstić information content (AvgIpc) is 2.61. The van der Waals surface area contributed by atoms with Crippen molar-refractivity contribution in [2.75, 3.05) is 13.1 Å². The zero-order valence-corrected chi connectivity index (χ0v) is 11.8. The Kier molecular flexibility index (Phi) is 4.04. The lowest BCUT2D eigenvalue weighted by Gasteiger charge is -2.29. The predicted molar refractivity (Wildman–Crippen MR) is 73.5 cm³/mol. The summed E-state index contributed by atoms with van der Waals surface area (Å²) in [6, 6.07) is 0. The third-order valence-electron chi connectivity index (χ3n) is 3.67. The van der Waals surface area contributed by atoms with Gasteiger partial charge in [-0.1, -0.05) is 0 Å². The van der Waals surface area contributed by atoms with E-state index in [4.69, 9.17) is 0 Å². The summed E-state index contributed by atoms with van der Waals surface area (Å²) in [6.45, 7) is 5.08. The molecule has 1 aromatic rings. The molecule has 1 aliphatic heterocycles. The van der Waals surface area contributed by atoms with Crippen molar-refractivity contribution >= 4 is 12.0 Å². The van der Waals surface area contributed by atoms with E-state index < -0.39 is 0 Å². The molecule has 1 aromatic heterocycles. The first kappa shape index (κ1) is 13.8. The zero-order valence-electron chi connectivity index (χ0n) is 11.8. The summed E-state index contributed by atoms with van der Waals surface area (Å²) < 4.78 is 1.81. The molecule has 1 fully saturated rings. The number of aliphatic hydroxyl groups excluding tert-OH is 1. The van der Waals surface area contributed by atoms with Gasteiger partial charge >= 0.3 is 0 Å². The van der Waals surface area contributed by atoms with Crippen LogP contribution in [-0.2, 0) is 11.8 Å². The molecule has 5 heteroatoms. The van der Waals surface area contributed by atoms with Crippen LogP contribution in [0.4, 0.5) is 0 Å². The summed E-state index contributed by atoms with van der Waals surface area (Å²) >= 11 is 0. The Morgan fingerprint density at radius 3 is 2.79 bits per heavy atom. The molecule has 1 saturated heterocycles. The summed E-state index contributed by atoms with van der Waals surface area (Å²) in [5.41, 5.74) is 2.95. The van der Waals surface area contributed by atoms with Crippen molar-refractivity contribution < 1.29 is 9.90 Å². The van der Waals surface area contributed by atoms with Crippen LogP contribution in [0.3, 0.4) is 0 Å². The molecule has 19 heavy (non-hydrogen) atoms. The minimum absolute atomic E-state index is 0.0404. The highest BCUT2D eigenvalue weighted by molar-refractivity contribution is 5.92. The second kappa shape index (κ2) is 5.57. The van der Waals surface area contributed by atoms with Gasteiger partial charge in [0.2, 0.25) is 5.91 Å². The standard InChI is InChI=1S/C14H21N3O2/c1-10-13(11(2)16(3)15-10)6-7-14(19)17-8-4-5-12(18)9-17/h6-7,12,18H,4-5,8-9H2,1-3H3/b7-6+. The number of piperidine rings is 1. The highest BCUT2D eigenvalue weighted by atomic mass is 16.3. The van der Waals surface area contributed by atoms with Gasteiger partial charge in [0.25, 0.3) is 0 Å². The molecule has 0 spiro atoms. The molecular formula is C14H21N3O2. The van der Waals surface area contributed by atoms with Crippen LogP contribution in [0.5, 0.6) is 0 Å². The molecule has 1 aliphatic rings. The minimum Gasteiger partial charge on any atom is -0.391 e. The summed E-state index contributed by atoms with van der Waals surface area (Å²) in [5.74, 6) is -0.0404. The quantitative estimate of drug-likeness (QED) is 0.811. The molecule has 0 aliphatic carbocycles. The highest BCUT2D eigenvalue weighted by Gasteiger charge is 2.20. The second-order valence-corrected chi connectivity index (χ2v) is 5.12. The number of carbonyl (C=O) groups excluding carboxylic acids is 1. The fourth-order valence-corrected chi connectivity index (χ4v) is 2.45. The van der Waals surface area contributed by atoms with E-state index >= 15 is 0 Å². The van der Waals surface area contributed by atoms with Gasteiger partial charge in [-0.3, -0.25) is 9.48 Å². The number of nitrogens with zero attached hydrogens (tertiary/aromatic N) is 3. The van der Waals surface area contributed by atoms with Crippen LogP contribution >= 0.6 is 0 Å². The molecule has 2 heterocycles. The van der Waals surface area contributed by atoms with Gasteiger partial charge in [-0.2, -0.15) is 5.10 Å². The van der Waals surface area contributed by atoms with Gasteiger partial charge in [0.15, 0.2) is 0 Å². The lowest BCUT2D eigenvalue weighted by molar-refractivity contribution is -0.128. The third-order valence-corrected chi connectivity index (χ3v) is 3.67. The summed E-state index contributed by atoms with van der Waals surface area (Å²) in [4.78, 5) is 13.7. The van der Waals surface area contributed by atoms with Crippen LogP contribution < -0.4 is 0 Å². The average molecular weight is 263 g/mol. The van der Waals surface area contributed by atoms with E-state index in [0.29, 0.717) is 6.54 Å². The molecule has 104 valence electrons. The Balaban J connectivity index is 2.07. The normalized spacial score (nSPS) is 20.2. The zero-order chi connectivity index (χ0) is 14.0. The molecule has 0 saturated carbocycles. The molecule has 1 N–H and O–H groups in total. The van der Waals surface area contributed by atoms with Gasteiger partial charge in [-0.05, 0) is 32.8 Å². The Morgan fingerprint density at radius 1 is 1.47 bits per heavy atom. The Labute approximate surface area is 113 Å². The topological polar surface area (TPSA) is 58.4 Å². The first-order valence-electron chi connectivity index (χ1n) is 6.64. The van der Waals surface area contributed by atoms with Gasteiger partial charge in [0.05, 0.1) is 11.8 Å². The monoisotopic (exact) mass is 263 g/mol. The number of aliphatic hydroxyl groups is 1. The number of carbonyl (C=O) groups is 1. The predicted octanol–water partition coefficient (Wildman–Crippen LogP) is 1.03. The fourth-order valence-electron chi connectivity index (χ4n) is 2.45. The van der Waals surface area contributed by atoms with Crippen molar-refractivity contribution in [3.8, 4) is 0 Å². The second-order valence-electron chi connectivity index (χ2n) is 5.12. The number of hydrogen-bond acceptors (Lipinski definition) is 3. The van der Waals surface area contributed by atoms with Crippen LogP contribution in [0.25, 0.3) is 6.08 Å². The molecule has 1 unspecified atom stereocenters. The first-order valence-corrected chi connectivity index (χ1v) is 6.64. The first-order chi connectivity index (χ1) is 8.99. The smallest absolute Gasteiger partial charge is 0.246 e. The molecule has 0 bridgehead atoms. The fraction of sp³-hybridized carbons (Fsp3) is 0.571. The Hall–Kier alpha value is -1.62. The number of aromatic nitrogens is 2. The molecule has 2 rings (SSSR count). The van der Waals surface area contributed by atoms with Gasteiger partial charge in [0.1, 0.15) is 0 Å². The molecule has 1 amide bonds. The van der Waals surface area contributed by atoms with Crippen molar-refractivity contribution in [1.82, 2.24) is 14.7 Å². The molecule has 0 aromatic carbocycles. The van der Waals surface area contributed by atoms with E-state index in [0.717, 1.165) is 36.3 Å². The van der Waals surface area contributed by atoms with Crippen molar-refractivity contribution in [2.24, 2.45) is 7.05 Å². The molecule has 0 radical (unpaired) electrons. The maximum absolute atomic E-state index is 12.0. The van der Waals surface area contributed by atoms with Crippen LogP contribution in [0.1, 0.15) is 29.8 Å².